The summed E-state index contributed by atoms with van der Waals surface area (Å²) >= 11 is -1.26. The summed E-state index contributed by atoms with van der Waals surface area (Å²) in [7, 11) is 0. The maximum atomic E-state index is 2.37. The average Bonchev–Trinajstić information content (AvgIpc) is 2.33. The second-order valence-electron chi connectivity index (χ2n) is 4.37. The molecule has 0 bridgehead atoms. The fourth-order valence-corrected chi connectivity index (χ4v) is 8.27. The van der Waals surface area contributed by atoms with Crippen molar-refractivity contribution in [1.29, 1.82) is 0 Å². The van der Waals surface area contributed by atoms with Gasteiger partial charge in [0.2, 0.25) is 0 Å². The minimum absolute atomic E-state index is 0.766. The Labute approximate surface area is 111 Å². The summed E-state index contributed by atoms with van der Waals surface area (Å²) in [5, 5.41) is 0. The number of benzene rings is 2. The summed E-state index contributed by atoms with van der Waals surface area (Å²) in [4.78, 5) is 0. The first kappa shape index (κ1) is 12.6. The number of hydrogen-bond acceptors (Lipinski definition) is 0. The molecule has 0 aromatic heterocycles. The number of alkyl halides is 1. The van der Waals surface area contributed by atoms with E-state index in [1.54, 1.807) is 7.14 Å². The number of aryl methyl sites for hydroxylation is 1. The van der Waals surface area contributed by atoms with Crippen LogP contribution in [-0.4, -0.2) is 3.92 Å². The van der Waals surface area contributed by atoms with Gasteiger partial charge < -0.3 is 0 Å². The maximum absolute atomic E-state index is 2.37. The molecule has 0 aliphatic rings. The molecule has 0 saturated heterocycles. The first-order valence-electron chi connectivity index (χ1n) is 5.99. The zero-order chi connectivity index (χ0) is 12.3. The summed E-state index contributed by atoms with van der Waals surface area (Å²) < 4.78 is 3.95. The van der Waals surface area contributed by atoms with Gasteiger partial charge in [-0.1, -0.05) is 0 Å². The molecule has 1 heteroatoms. The van der Waals surface area contributed by atoms with Crippen LogP contribution in [-0.2, 0) is 0 Å². The normalized spacial score (nSPS) is 11.6. The predicted molar refractivity (Wildman–Crippen MR) is 84.2 cm³/mol. The van der Waals surface area contributed by atoms with E-state index in [2.05, 4.69) is 75.4 Å². The van der Waals surface area contributed by atoms with E-state index >= 15 is 0 Å². The molecule has 0 atom stereocenters. The molecule has 2 rings (SSSR count). The SMILES string of the molecule is Cc1ccccc1I(c1ccccc1)C(C)C. The van der Waals surface area contributed by atoms with Gasteiger partial charge in [-0.05, 0) is 0 Å². The van der Waals surface area contributed by atoms with Crippen molar-refractivity contribution >= 4 is 19.8 Å². The van der Waals surface area contributed by atoms with Crippen LogP contribution in [0.15, 0.2) is 54.6 Å². The Morgan fingerprint density at radius 3 is 2.00 bits per heavy atom. The number of halogens is 1. The summed E-state index contributed by atoms with van der Waals surface area (Å²) in [6, 6.07) is 19.9. The van der Waals surface area contributed by atoms with E-state index in [-0.39, 0.29) is 0 Å². The van der Waals surface area contributed by atoms with E-state index < -0.39 is 19.8 Å². The third-order valence-corrected chi connectivity index (χ3v) is 9.72. The molecule has 17 heavy (non-hydrogen) atoms. The van der Waals surface area contributed by atoms with Crippen LogP contribution < -0.4 is 0 Å². The molecule has 0 amide bonds. The molecule has 0 nitrogen and oxygen atoms in total. The second kappa shape index (κ2) is 5.67. The second-order valence-corrected chi connectivity index (χ2v) is 11.1. The van der Waals surface area contributed by atoms with Crippen LogP contribution in [0.25, 0.3) is 0 Å². The van der Waals surface area contributed by atoms with Gasteiger partial charge in [-0.3, -0.25) is 0 Å². The molecule has 90 valence electrons. The molecular formula is C16H19I. The Morgan fingerprint density at radius 2 is 1.41 bits per heavy atom. The van der Waals surface area contributed by atoms with Crippen molar-refractivity contribution in [2.45, 2.75) is 24.7 Å². The van der Waals surface area contributed by atoms with Crippen molar-refractivity contribution in [2.24, 2.45) is 0 Å². The standard InChI is InChI=1S/C16H19I/c1-13(2)17(15-10-5-4-6-11-15)16-12-8-7-9-14(16)3/h4-13H,1-3H3. The Balaban J connectivity index is 2.47. The zero-order valence-corrected chi connectivity index (χ0v) is 12.8. The molecule has 0 radical (unpaired) electrons. The molecule has 0 spiro atoms. The van der Waals surface area contributed by atoms with Gasteiger partial charge in [-0.2, -0.15) is 0 Å². The van der Waals surface area contributed by atoms with Crippen LogP contribution in [0.5, 0.6) is 0 Å². The van der Waals surface area contributed by atoms with Gasteiger partial charge in [-0.25, -0.2) is 0 Å². The fraction of sp³-hybridized carbons (Fsp3) is 0.250. The van der Waals surface area contributed by atoms with Gasteiger partial charge in [-0.15, -0.1) is 0 Å². The Morgan fingerprint density at radius 1 is 0.824 bits per heavy atom. The van der Waals surface area contributed by atoms with Crippen LogP contribution in [0.3, 0.4) is 0 Å². The minimum atomic E-state index is -1.26. The van der Waals surface area contributed by atoms with E-state index in [9.17, 15) is 0 Å². The van der Waals surface area contributed by atoms with Crippen LogP contribution >= 0.6 is 19.8 Å². The molecule has 0 unspecified atom stereocenters. The van der Waals surface area contributed by atoms with Gasteiger partial charge in [0, 0.05) is 0 Å². The molecule has 0 aliphatic heterocycles. The fourth-order valence-electron chi connectivity index (χ4n) is 1.93. The summed E-state index contributed by atoms with van der Waals surface area (Å²) in [6.07, 6.45) is 0. The quantitative estimate of drug-likeness (QED) is 0.549. The van der Waals surface area contributed by atoms with Crippen LogP contribution in [0.4, 0.5) is 0 Å². The van der Waals surface area contributed by atoms with Crippen molar-refractivity contribution in [3.05, 3.63) is 67.3 Å². The first-order chi connectivity index (χ1) is 8.20. The Kier molecular flexibility index (Phi) is 4.21. The monoisotopic (exact) mass is 338 g/mol. The molecule has 0 fully saturated rings. The molecule has 0 heterocycles. The van der Waals surface area contributed by atoms with Crippen molar-refractivity contribution in [3.8, 4) is 0 Å². The van der Waals surface area contributed by atoms with Crippen molar-refractivity contribution in [3.63, 3.8) is 0 Å². The van der Waals surface area contributed by atoms with E-state index in [1.807, 2.05) is 0 Å². The van der Waals surface area contributed by atoms with Crippen molar-refractivity contribution < 1.29 is 0 Å². The van der Waals surface area contributed by atoms with Crippen LogP contribution in [0, 0.1) is 14.1 Å². The van der Waals surface area contributed by atoms with Crippen molar-refractivity contribution in [1.82, 2.24) is 0 Å². The van der Waals surface area contributed by atoms with Crippen molar-refractivity contribution in [2.75, 3.05) is 0 Å². The summed E-state index contributed by atoms with van der Waals surface area (Å²) in [6.45, 7) is 6.97. The third kappa shape index (κ3) is 2.89. The third-order valence-electron chi connectivity index (χ3n) is 2.70. The van der Waals surface area contributed by atoms with E-state index in [0.717, 1.165) is 3.92 Å². The van der Waals surface area contributed by atoms with Gasteiger partial charge in [0.1, 0.15) is 0 Å². The van der Waals surface area contributed by atoms with E-state index in [4.69, 9.17) is 0 Å². The number of rotatable bonds is 3. The zero-order valence-electron chi connectivity index (χ0n) is 10.7. The predicted octanol–water partition coefficient (Wildman–Crippen LogP) is 4.95. The van der Waals surface area contributed by atoms with E-state index in [1.165, 1.54) is 5.56 Å². The number of hydrogen-bond donors (Lipinski definition) is 0. The van der Waals surface area contributed by atoms with Crippen LogP contribution in [0.2, 0.25) is 0 Å². The van der Waals surface area contributed by atoms with Gasteiger partial charge >= 0.3 is 112 Å². The molecule has 0 aliphatic carbocycles. The van der Waals surface area contributed by atoms with Gasteiger partial charge in [0.15, 0.2) is 0 Å². The Bertz CT molecular complexity index is 474. The summed E-state index contributed by atoms with van der Waals surface area (Å²) in [5.41, 5.74) is 1.45. The van der Waals surface area contributed by atoms with Gasteiger partial charge in [0.05, 0.1) is 0 Å². The molecule has 2 aromatic carbocycles. The molecule has 0 saturated carbocycles. The molecular weight excluding hydrogens is 319 g/mol. The molecule has 0 N–H and O–H groups in total. The first-order valence-corrected chi connectivity index (χ1v) is 9.39. The molecule has 2 aromatic rings. The van der Waals surface area contributed by atoms with Crippen LogP contribution in [0.1, 0.15) is 19.4 Å². The van der Waals surface area contributed by atoms with E-state index in [0.29, 0.717) is 0 Å². The average molecular weight is 338 g/mol. The summed E-state index contributed by atoms with van der Waals surface area (Å²) in [5.74, 6) is 0. The van der Waals surface area contributed by atoms with Gasteiger partial charge in [0.25, 0.3) is 0 Å². The topological polar surface area (TPSA) is 0 Å². The Hall–Kier alpha value is -0.830.